The van der Waals surface area contributed by atoms with Gasteiger partial charge in [-0.1, -0.05) is 42.5 Å². The number of amidine groups is 1. The lowest BCUT2D eigenvalue weighted by atomic mass is 9.91. The normalized spacial score (nSPS) is 14.7. The molecule has 1 saturated heterocycles. The van der Waals surface area contributed by atoms with Crippen molar-refractivity contribution >= 4 is 27.7 Å². The molecule has 1 heterocycles. The zero-order chi connectivity index (χ0) is 31.0. The van der Waals surface area contributed by atoms with Crippen molar-refractivity contribution < 1.29 is 22.4 Å². The summed E-state index contributed by atoms with van der Waals surface area (Å²) >= 11 is 0. The van der Waals surface area contributed by atoms with Crippen molar-refractivity contribution in [1.82, 2.24) is 14.9 Å². The Balaban J connectivity index is 1.53. The summed E-state index contributed by atoms with van der Waals surface area (Å²) in [5, 5.41) is 10.4. The van der Waals surface area contributed by atoms with Crippen LogP contribution >= 0.6 is 0 Å². The van der Waals surface area contributed by atoms with Crippen LogP contribution in [-0.4, -0.2) is 57.1 Å². The number of hydrogen-bond donors (Lipinski definition) is 4. The Morgan fingerprint density at radius 1 is 1.02 bits per heavy atom. The van der Waals surface area contributed by atoms with Crippen molar-refractivity contribution in [2.75, 3.05) is 20.1 Å². The minimum atomic E-state index is -4.14. The highest BCUT2D eigenvalue weighted by atomic mass is 32.2. The number of nitrogens with zero attached hydrogens (tertiary/aromatic N) is 1. The number of rotatable bonds is 12. The van der Waals surface area contributed by atoms with E-state index in [1.807, 2.05) is 0 Å². The molecular formula is C32H38FN5O4S. The molecule has 0 saturated carbocycles. The third kappa shape index (κ3) is 8.71. The van der Waals surface area contributed by atoms with Crippen LogP contribution in [0, 0.1) is 17.1 Å². The van der Waals surface area contributed by atoms with Crippen LogP contribution in [0.3, 0.4) is 0 Å². The monoisotopic (exact) mass is 607 g/mol. The lowest BCUT2D eigenvalue weighted by Crippen LogP contribution is -2.51. The Labute approximate surface area is 252 Å². The summed E-state index contributed by atoms with van der Waals surface area (Å²) in [5.41, 5.74) is 8.06. The topological polar surface area (TPSA) is 145 Å². The van der Waals surface area contributed by atoms with E-state index in [0.29, 0.717) is 47.7 Å². The van der Waals surface area contributed by atoms with Crippen LogP contribution < -0.4 is 15.8 Å². The Morgan fingerprint density at radius 3 is 2.40 bits per heavy atom. The predicted molar refractivity (Wildman–Crippen MR) is 164 cm³/mol. The first-order valence-corrected chi connectivity index (χ1v) is 15.8. The fourth-order valence-corrected chi connectivity index (χ4v) is 6.59. The van der Waals surface area contributed by atoms with Crippen LogP contribution in [-0.2, 0) is 26.0 Å². The van der Waals surface area contributed by atoms with Crippen molar-refractivity contribution in [3.8, 4) is 11.1 Å². The second-order valence-corrected chi connectivity index (χ2v) is 12.6. The SMILES string of the molecule is CNC(=O)CCCC1CCN(C(=O)[C@H](Cc2cccc(C(=N)N)c2)NS(=O)(=O)c2cccc(-c3ccc(F)cc3)c2)CC1. The number of likely N-dealkylation sites (tertiary alicyclic amines) is 1. The van der Waals surface area contributed by atoms with Crippen LogP contribution in [0.1, 0.15) is 43.2 Å². The molecule has 1 atom stereocenters. The second kappa shape index (κ2) is 14.4. The van der Waals surface area contributed by atoms with E-state index in [9.17, 15) is 22.4 Å². The molecule has 4 rings (SSSR count). The number of nitrogens with one attached hydrogen (secondary N) is 3. The summed E-state index contributed by atoms with van der Waals surface area (Å²) in [6.45, 7) is 0.991. The third-order valence-electron chi connectivity index (χ3n) is 7.82. The second-order valence-electron chi connectivity index (χ2n) is 10.9. The van der Waals surface area contributed by atoms with Crippen LogP contribution in [0.4, 0.5) is 4.39 Å². The number of hydrogen-bond acceptors (Lipinski definition) is 5. The number of nitrogens with two attached hydrogens (primary N) is 1. The van der Waals surface area contributed by atoms with Gasteiger partial charge in [0.2, 0.25) is 21.8 Å². The number of amides is 2. The van der Waals surface area contributed by atoms with E-state index < -0.39 is 21.9 Å². The van der Waals surface area contributed by atoms with Gasteiger partial charge in [-0.15, -0.1) is 0 Å². The number of benzene rings is 3. The van der Waals surface area contributed by atoms with Gasteiger partial charge in [-0.25, -0.2) is 12.8 Å². The summed E-state index contributed by atoms with van der Waals surface area (Å²) in [4.78, 5) is 27.1. The maximum Gasteiger partial charge on any atom is 0.241 e. The molecule has 3 aromatic rings. The summed E-state index contributed by atoms with van der Waals surface area (Å²) in [5.74, 6) is -0.431. The van der Waals surface area contributed by atoms with Gasteiger partial charge in [0.25, 0.3) is 0 Å². The predicted octanol–water partition coefficient (Wildman–Crippen LogP) is 3.82. The summed E-state index contributed by atoms with van der Waals surface area (Å²) in [6, 6.07) is 17.8. The molecule has 1 fully saturated rings. The van der Waals surface area contributed by atoms with Gasteiger partial charge in [0.1, 0.15) is 17.7 Å². The largest absolute Gasteiger partial charge is 0.384 e. The van der Waals surface area contributed by atoms with Gasteiger partial charge in [0, 0.05) is 32.1 Å². The molecule has 3 aromatic carbocycles. The smallest absolute Gasteiger partial charge is 0.241 e. The molecule has 228 valence electrons. The molecule has 0 aromatic heterocycles. The number of halogens is 1. The molecule has 0 bridgehead atoms. The van der Waals surface area contributed by atoms with Crippen molar-refractivity contribution in [2.24, 2.45) is 11.7 Å². The first-order valence-electron chi connectivity index (χ1n) is 14.4. The van der Waals surface area contributed by atoms with Gasteiger partial charge in [0.05, 0.1) is 4.90 Å². The summed E-state index contributed by atoms with van der Waals surface area (Å²) < 4.78 is 43.4. The molecule has 43 heavy (non-hydrogen) atoms. The van der Waals surface area contributed by atoms with E-state index in [0.717, 1.165) is 25.7 Å². The molecule has 0 aliphatic carbocycles. The first kappa shape index (κ1) is 31.8. The Hall–Kier alpha value is -4.09. The van der Waals surface area contributed by atoms with Gasteiger partial charge in [-0.3, -0.25) is 15.0 Å². The van der Waals surface area contributed by atoms with Crippen molar-refractivity contribution in [3.63, 3.8) is 0 Å². The maximum absolute atomic E-state index is 13.8. The van der Waals surface area contributed by atoms with E-state index >= 15 is 0 Å². The summed E-state index contributed by atoms with van der Waals surface area (Å²) in [6.07, 6.45) is 3.78. The Bertz CT molecular complexity index is 1550. The quantitative estimate of drug-likeness (QED) is 0.183. The van der Waals surface area contributed by atoms with Crippen molar-refractivity contribution in [1.29, 1.82) is 5.41 Å². The highest BCUT2D eigenvalue weighted by molar-refractivity contribution is 7.89. The fourth-order valence-electron chi connectivity index (χ4n) is 5.36. The minimum absolute atomic E-state index is 0.0137. The van der Waals surface area contributed by atoms with Gasteiger partial charge in [0.15, 0.2) is 0 Å². The average Bonchev–Trinajstić information content (AvgIpc) is 3.01. The number of nitrogen functional groups attached to an aromatic ring is 1. The van der Waals surface area contributed by atoms with E-state index in [1.54, 1.807) is 60.5 Å². The molecule has 1 aliphatic heterocycles. The number of sulfonamides is 1. The van der Waals surface area contributed by atoms with Gasteiger partial charge < -0.3 is 16.0 Å². The van der Waals surface area contributed by atoms with Crippen LogP contribution in [0.5, 0.6) is 0 Å². The minimum Gasteiger partial charge on any atom is -0.384 e. The van der Waals surface area contributed by atoms with Crippen molar-refractivity contribution in [2.45, 2.75) is 49.5 Å². The molecular weight excluding hydrogens is 569 g/mol. The Morgan fingerprint density at radius 2 is 1.72 bits per heavy atom. The molecule has 0 unspecified atom stereocenters. The zero-order valence-corrected chi connectivity index (χ0v) is 25.0. The van der Waals surface area contributed by atoms with E-state index in [2.05, 4.69) is 10.0 Å². The van der Waals surface area contributed by atoms with Gasteiger partial charge in [-0.2, -0.15) is 4.72 Å². The molecule has 5 N–H and O–H groups in total. The standard InChI is InChI=1S/C32H38FN5O4S/c1-36-30(39)10-3-5-22-15-17-38(18-16-22)32(40)29(20-23-6-2-8-26(19-23)31(34)35)37-43(41,42)28-9-4-7-25(21-28)24-11-13-27(33)14-12-24/h2,4,6-9,11-14,19,21-22,29,37H,3,5,10,15-18,20H2,1H3,(H3,34,35)(H,36,39)/t29-/m0/s1. The molecule has 11 heteroatoms. The molecule has 9 nitrogen and oxygen atoms in total. The van der Waals surface area contributed by atoms with E-state index in [4.69, 9.17) is 11.1 Å². The van der Waals surface area contributed by atoms with E-state index in [1.165, 1.54) is 24.3 Å². The number of piperidine rings is 1. The highest BCUT2D eigenvalue weighted by Crippen LogP contribution is 2.25. The zero-order valence-electron chi connectivity index (χ0n) is 24.2. The average molecular weight is 608 g/mol. The molecule has 1 aliphatic rings. The van der Waals surface area contributed by atoms with Crippen LogP contribution in [0.25, 0.3) is 11.1 Å². The lowest BCUT2D eigenvalue weighted by molar-refractivity contribution is -0.134. The molecule has 0 radical (unpaired) electrons. The summed E-state index contributed by atoms with van der Waals surface area (Å²) in [7, 11) is -2.52. The number of carbonyl (C=O) groups is 2. The van der Waals surface area contributed by atoms with Crippen LogP contribution in [0.15, 0.2) is 77.7 Å². The van der Waals surface area contributed by atoms with Gasteiger partial charge in [-0.05, 0) is 85.0 Å². The highest BCUT2D eigenvalue weighted by Gasteiger charge is 2.32. The Kier molecular flexibility index (Phi) is 10.7. The first-order chi connectivity index (χ1) is 20.6. The maximum atomic E-state index is 13.8. The van der Waals surface area contributed by atoms with E-state index in [-0.39, 0.29) is 29.0 Å². The molecule has 0 spiro atoms. The number of carbonyl (C=O) groups excluding carboxylic acids is 2. The molecule has 2 amide bonds. The lowest BCUT2D eigenvalue weighted by Gasteiger charge is -2.34. The van der Waals surface area contributed by atoms with Crippen molar-refractivity contribution in [3.05, 3.63) is 89.7 Å². The third-order valence-corrected chi connectivity index (χ3v) is 9.29. The van der Waals surface area contributed by atoms with Gasteiger partial charge >= 0.3 is 0 Å². The van der Waals surface area contributed by atoms with Crippen LogP contribution in [0.2, 0.25) is 0 Å². The fraction of sp³-hybridized carbons (Fsp3) is 0.344.